The lowest BCUT2D eigenvalue weighted by molar-refractivity contribution is 1.04. The highest BCUT2D eigenvalue weighted by atomic mass is 32.2. The molecule has 0 N–H and O–H groups in total. The van der Waals surface area contributed by atoms with Crippen molar-refractivity contribution >= 4 is 27.5 Å². The Balaban J connectivity index is 3.14. The van der Waals surface area contributed by atoms with Crippen molar-refractivity contribution in [1.29, 1.82) is 0 Å². The van der Waals surface area contributed by atoms with Crippen molar-refractivity contribution in [3.8, 4) is 0 Å². The molecule has 0 aromatic carbocycles. The Hall–Kier alpha value is 0.480. The Kier molecular flexibility index (Phi) is 3.72. The van der Waals surface area contributed by atoms with Crippen LogP contribution in [0.15, 0.2) is 0 Å². The molecule has 0 saturated carbocycles. The molecule has 0 heterocycles. The van der Waals surface area contributed by atoms with Crippen LogP contribution >= 0.6 is 11.8 Å². The maximum Gasteiger partial charge on any atom is 0.0839 e. The third-order valence-electron chi connectivity index (χ3n) is 0.790. The van der Waals surface area contributed by atoms with Gasteiger partial charge in [0, 0.05) is 0 Å². The summed E-state index contributed by atoms with van der Waals surface area (Å²) in [6.07, 6.45) is 1.95. The van der Waals surface area contributed by atoms with Gasteiger partial charge in [-0.1, -0.05) is 12.7 Å². The first-order valence-electron chi connectivity index (χ1n) is 2.22. The highest BCUT2D eigenvalue weighted by Crippen LogP contribution is 2.13. The first-order valence-corrected chi connectivity index (χ1v) is 3.51. The molecule has 0 aliphatic rings. The second-order valence-corrected chi connectivity index (χ2v) is 2.58. The monoisotopic (exact) mass is 110 g/mol. The summed E-state index contributed by atoms with van der Waals surface area (Å²) in [5.74, 6) is 0.106. The predicted molar refractivity (Wildman–Crippen MR) is 38.2 cm³/mol. The van der Waals surface area contributed by atoms with Crippen LogP contribution in [0.1, 0.15) is 6.92 Å². The zero-order valence-corrected chi connectivity index (χ0v) is 5.53. The molecule has 0 aliphatic carbocycles. The summed E-state index contributed by atoms with van der Waals surface area (Å²) in [4.78, 5) is 0. The molecule has 0 spiro atoms. The Bertz CT molecular complexity index is 47.0. The number of rotatable bonds is 2. The number of hydrogen-bond donors (Lipinski definition) is 0. The molecule has 3 heteroatoms. The molecule has 0 aromatic rings. The van der Waals surface area contributed by atoms with Crippen LogP contribution in [0.25, 0.3) is 0 Å². The summed E-state index contributed by atoms with van der Waals surface area (Å²) in [5.41, 5.74) is 0. The molecular weight excluding hydrogens is 102 g/mol. The Morgan fingerprint density at radius 2 is 1.86 bits per heavy atom. The van der Waals surface area contributed by atoms with Crippen LogP contribution in [0.2, 0.25) is 5.82 Å². The molecule has 0 saturated heterocycles. The summed E-state index contributed by atoms with van der Waals surface area (Å²) in [6.45, 7) is 1.90. The summed E-state index contributed by atoms with van der Waals surface area (Å²) in [5, 5.41) is 0.0972. The molecule has 7 heavy (non-hydrogen) atoms. The van der Waals surface area contributed by atoms with Crippen LogP contribution in [-0.2, 0) is 0 Å². The second-order valence-electron chi connectivity index (χ2n) is 1.56. The molecule has 4 radical (unpaired) electrons. The largest absolute Gasteiger partial charge is 0.172 e. The van der Waals surface area contributed by atoms with Crippen molar-refractivity contribution in [2.75, 3.05) is 6.26 Å². The highest BCUT2D eigenvalue weighted by Gasteiger charge is 2.01. The molecule has 2 unspecified atom stereocenters. The van der Waals surface area contributed by atoms with Gasteiger partial charge in [0.15, 0.2) is 0 Å². The third kappa shape index (κ3) is 3.10. The van der Waals surface area contributed by atoms with Gasteiger partial charge in [-0.3, -0.25) is 0 Å². The van der Waals surface area contributed by atoms with E-state index in [-0.39, 0.29) is 11.0 Å². The fraction of sp³-hybridized carbons (Fsp3) is 1.00. The second kappa shape index (κ2) is 3.48. The highest BCUT2D eigenvalue weighted by molar-refractivity contribution is 8.00. The van der Waals surface area contributed by atoms with Gasteiger partial charge in [0.1, 0.15) is 0 Å². The van der Waals surface area contributed by atoms with E-state index in [1.807, 2.05) is 13.2 Å². The van der Waals surface area contributed by atoms with Gasteiger partial charge >= 0.3 is 0 Å². The summed E-state index contributed by atoms with van der Waals surface area (Å²) < 4.78 is 0. The van der Waals surface area contributed by atoms with E-state index in [4.69, 9.17) is 15.7 Å². The van der Waals surface area contributed by atoms with Gasteiger partial charge in [-0.05, 0) is 11.4 Å². The molecule has 36 valence electrons. The van der Waals surface area contributed by atoms with Gasteiger partial charge in [0.2, 0.25) is 0 Å². The average molecular weight is 110 g/mol. The Morgan fingerprint density at radius 1 is 1.43 bits per heavy atom. The predicted octanol–water partition coefficient (Wildman–Crippen LogP) is 0.821. The van der Waals surface area contributed by atoms with Gasteiger partial charge in [-0.25, -0.2) is 0 Å². The molecule has 0 nitrogen and oxygen atoms in total. The SMILES string of the molecule is [B]C(C)C([B])SC. The van der Waals surface area contributed by atoms with Crippen molar-refractivity contribution in [1.82, 2.24) is 0 Å². The minimum atomic E-state index is 0.0972. The third-order valence-corrected chi connectivity index (χ3v) is 1.76. The molecule has 0 bridgehead atoms. The number of thioether (sulfide) groups is 1. The molecule has 0 aliphatic heterocycles. The first-order chi connectivity index (χ1) is 3.18. The summed E-state index contributed by atoms with van der Waals surface area (Å²) >= 11 is 1.59. The minimum absolute atomic E-state index is 0.0972. The van der Waals surface area contributed by atoms with Crippen LogP contribution < -0.4 is 0 Å². The van der Waals surface area contributed by atoms with Crippen molar-refractivity contribution in [2.45, 2.75) is 17.9 Å². The summed E-state index contributed by atoms with van der Waals surface area (Å²) in [6, 6.07) is 0. The van der Waals surface area contributed by atoms with Gasteiger partial charge in [0.25, 0.3) is 0 Å². The maximum atomic E-state index is 5.45. The lowest BCUT2D eigenvalue weighted by Gasteiger charge is -2.11. The smallest absolute Gasteiger partial charge is 0.0839 e. The van der Waals surface area contributed by atoms with Gasteiger partial charge in [-0.15, -0.1) is 0 Å². The maximum absolute atomic E-state index is 5.45. The molecule has 0 amide bonds. The quantitative estimate of drug-likeness (QED) is 0.474. The van der Waals surface area contributed by atoms with E-state index in [1.54, 1.807) is 11.8 Å². The van der Waals surface area contributed by atoms with Gasteiger partial charge < -0.3 is 0 Å². The van der Waals surface area contributed by atoms with Crippen molar-refractivity contribution in [3.05, 3.63) is 0 Å². The van der Waals surface area contributed by atoms with Crippen molar-refractivity contribution < 1.29 is 0 Å². The number of hydrogen-bond acceptors (Lipinski definition) is 1. The zero-order valence-electron chi connectivity index (χ0n) is 4.72. The van der Waals surface area contributed by atoms with E-state index in [2.05, 4.69) is 0 Å². The van der Waals surface area contributed by atoms with Crippen LogP contribution in [0.3, 0.4) is 0 Å². The topological polar surface area (TPSA) is 0 Å². The van der Waals surface area contributed by atoms with Gasteiger partial charge in [0.05, 0.1) is 15.7 Å². The van der Waals surface area contributed by atoms with Crippen LogP contribution in [0.4, 0.5) is 0 Å². The molecule has 0 rings (SSSR count). The fourth-order valence-electron chi connectivity index (χ4n) is 0.215. The average Bonchev–Trinajstić information content (AvgIpc) is 1.65. The van der Waals surface area contributed by atoms with E-state index in [9.17, 15) is 0 Å². The Morgan fingerprint density at radius 3 is 1.86 bits per heavy atom. The minimum Gasteiger partial charge on any atom is -0.172 e. The van der Waals surface area contributed by atoms with Crippen LogP contribution in [0, 0.1) is 0 Å². The molecule has 2 atom stereocenters. The van der Waals surface area contributed by atoms with Gasteiger partial charge in [-0.2, -0.15) is 11.8 Å². The Labute approximate surface area is 52.3 Å². The van der Waals surface area contributed by atoms with E-state index in [1.165, 1.54) is 0 Å². The van der Waals surface area contributed by atoms with Crippen molar-refractivity contribution in [3.63, 3.8) is 0 Å². The molecule has 0 fully saturated rings. The standard InChI is InChI=1S/C4H8B2S/c1-3(5)4(6)7-2/h3-4H,1-2H3. The van der Waals surface area contributed by atoms with Crippen LogP contribution in [-0.4, -0.2) is 27.1 Å². The first kappa shape index (κ1) is 7.48. The van der Waals surface area contributed by atoms with E-state index >= 15 is 0 Å². The van der Waals surface area contributed by atoms with E-state index in [0.29, 0.717) is 0 Å². The lowest BCUT2D eigenvalue weighted by Crippen LogP contribution is -2.07. The lowest BCUT2D eigenvalue weighted by atomic mass is 9.78. The van der Waals surface area contributed by atoms with E-state index < -0.39 is 0 Å². The summed E-state index contributed by atoms with van der Waals surface area (Å²) in [7, 11) is 10.9. The normalized spacial score (nSPS) is 18.6. The fourth-order valence-corrected chi connectivity index (χ4v) is 0.644. The molecular formula is C4H8B2S. The van der Waals surface area contributed by atoms with Crippen molar-refractivity contribution in [2.24, 2.45) is 0 Å². The van der Waals surface area contributed by atoms with E-state index in [0.717, 1.165) is 0 Å². The van der Waals surface area contributed by atoms with Crippen LogP contribution in [0.5, 0.6) is 0 Å². The zero-order chi connectivity index (χ0) is 5.86. The molecule has 0 aromatic heterocycles.